The van der Waals surface area contributed by atoms with E-state index in [0.29, 0.717) is 12.1 Å². The number of fused-ring (bicyclic) bond motifs is 4. The van der Waals surface area contributed by atoms with Crippen LogP contribution in [0.2, 0.25) is 0 Å². The minimum Gasteiger partial charge on any atom is -0.361 e. The fourth-order valence-electron chi connectivity index (χ4n) is 2.16. The molecule has 3 heteroatoms. The van der Waals surface area contributed by atoms with E-state index in [1.165, 1.54) is 18.4 Å². The second-order valence-electron chi connectivity index (χ2n) is 3.40. The molecule has 3 rings (SSSR count). The van der Waals surface area contributed by atoms with Crippen LogP contribution in [-0.4, -0.2) is 11.2 Å². The lowest BCUT2D eigenvalue weighted by Crippen LogP contribution is -2.30. The van der Waals surface area contributed by atoms with Crippen molar-refractivity contribution in [2.24, 2.45) is 0 Å². The number of aromatic nitrogens is 1. The lowest BCUT2D eigenvalue weighted by atomic mass is 10.0. The van der Waals surface area contributed by atoms with Crippen molar-refractivity contribution < 1.29 is 4.52 Å². The molecule has 1 fully saturated rings. The minimum absolute atomic E-state index is 0.537. The number of nitrogens with one attached hydrogen (secondary N) is 1. The van der Waals surface area contributed by atoms with Crippen LogP contribution in [0.5, 0.6) is 0 Å². The first-order valence-corrected chi connectivity index (χ1v) is 4.13. The molecule has 2 bridgehead atoms. The third-order valence-corrected chi connectivity index (χ3v) is 2.72. The molecule has 1 aromatic rings. The molecule has 0 aromatic carbocycles. The Morgan fingerprint density at radius 3 is 3.55 bits per heavy atom. The van der Waals surface area contributed by atoms with E-state index >= 15 is 0 Å². The highest BCUT2D eigenvalue weighted by Crippen LogP contribution is 2.35. The van der Waals surface area contributed by atoms with Gasteiger partial charge in [-0.1, -0.05) is 5.16 Å². The first kappa shape index (κ1) is 5.77. The Morgan fingerprint density at radius 1 is 1.55 bits per heavy atom. The molecule has 2 aliphatic rings. The number of rotatable bonds is 0. The third kappa shape index (κ3) is 0.688. The Hall–Kier alpha value is -0.830. The maximum Gasteiger partial charge on any atom is 0.143 e. The van der Waals surface area contributed by atoms with Crippen molar-refractivity contribution >= 4 is 0 Å². The standard InChI is InChI=1S/C8H10N2O/c1-2-7-6-4-9-11-8(6)3-5(1)10-7/h4-5,7,10H,1-3H2/t5-,7+/m0/s1. The van der Waals surface area contributed by atoms with Gasteiger partial charge < -0.3 is 9.84 Å². The van der Waals surface area contributed by atoms with Crippen LogP contribution in [0.25, 0.3) is 0 Å². The molecule has 1 N–H and O–H groups in total. The second kappa shape index (κ2) is 1.85. The van der Waals surface area contributed by atoms with E-state index in [1.54, 1.807) is 0 Å². The summed E-state index contributed by atoms with van der Waals surface area (Å²) in [5.74, 6) is 1.11. The van der Waals surface area contributed by atoms with Crippen LogP contribution >= 0.6 is 0 Å². The van der Waals surface area contributed by atoms with Gasteiger partial charge in [0.25, 0.3) is 0 Å². The maximum atomic E-state index is 5.15. The summed E-state index contributed by atoms with van der Waals surface area (Å²) in [7, 11) is 0. The van der Waals surface area contributed by atoms with E-state index in [4.69, 9.17) is 4.52 Å². The van der Waals surface area contributed by atoms with Gasteiger partial charge in [-0.2, -0.15) is 0 Å². The van der Waals surface area contributed by atoms with Gasteiger partial charge in [0.15, 0.2) is 0 Å². The van der Waals surface area contributed by atoms with Crippen molar-refractivity contribution in [1.29, 1.82) is 0 Å². The molecule has 0 radical (unpaired) electrons. The van der Waals surface area contributed by atoms with E-state index in [9.17, 15) is 0 Å². The second-order valence-corrected chi connectivity index (χ2v) is 3.40. The number of nitrogens with zero attached hydrogens (tertiary/aromatic N) is 1. The molecule has 1 aromatic heterocycles. The zero-order chi connectivity index (χ0) is 7.26. The average Bonchev–Trinajstić information content (AvgIpc) is 2.58. The topological polar surface area (TPSA) is 38.1 Å². The smallest absolute Gasteiger partial charge is 0.143 e. The molecular formula is C8H10N2O. The average molecular weight is 150 g/mol. The summed E-state index contributed by atoms with van der Waals surface area (Å²) >= 11 is 0. The van der Waals surface area contributed by atoms with Gasteiger partial charge in [-0.25, -0.2) is 0 Å². The van der Waals surface area contributed by atoms with E-state index in [1.807, 2.05) is 6.20 Å². The zero-order valence-corrected chi connectivity index (χ0v) is 6.21. The van der Waals surface area contributed by atoms with Gasteiger partial charge in [0, 0.05) is 24.1 Å². The van der Waals surface area contributed by atoms with Crippen LogP contribution in [0.3, 0.4) is 0 Å². The summed E-state index contributed by atoms with van der Waals surface area (Å²) < 4.78 is 5.15. The van der Waals surface area contributed by atoms with E-state index < -0.39 is 0 Å². The van der Waals surface area contributed by atoms with Crippen molar-refractivity contribution in [3.63, 3.8) is 0 Å². The monoisotopic (exact) mass is 150 g/mol. The minimum atomic E-state index is 0.537. The zero-order valence-electron chi connectivity index (χ0n) is 6.21. The Morgan fingerprint density at radius 2 is 2.55 bits per heavy atom. The number of hydrogen-bond acceptors (Lipinski definition) is 3. The van der Waals surface area contributed by atoms with Gasteiger partial charge in [0.1, 0.15) is 5.76 Å². The van der Waals surface area contributed by atoms with Crippen LogP contribution in [0, 0.1) is 0 Å². The van der Waals surface area contributed by atoms with Crippen molar-refractivity contribution in [2.45, 2.75) is 31.3 Å². The Kier molecular flexibility index (Phi) is 0.973. The molecule has 0 aliphatic carbocycles. The molecule has 1 saturated heterocycles. The summed E-state index contributed by atoms with van der Waals surface area (Å²) in [6.45, 7) is 0. The van der Waals surface area contributed by atoms with Crippen LogP contribution in [0.4, 0.5) is 0 Å². The lowest BCUT2D eigenvalue weighted by Gasteiger charge is -2.18. The fourth-order valence-corrected chi connectivity index (χ4v) is 2.16. The fraction of sp³-hybridized carbons (Fsp3) is 0.625. The van der Waals surface area contributed by atoms with Crippen LogP contribution in [-0.2, 0) is 6.42 Å². The van der Waals surface area contributed by atoms with Gasteiger partial charge in [0.2, 0.25) is 0 Å². The predicted molar refractivity (Wildman–Crippen MR) is 39.1 cm³/mol. The summed E-state index contributed by atoms with van der Waals surface area (Å²) in [6, 6.07) is 1.19. The van der Waals surface area contributed by atoms with Gasteiger partial charge in [0.05, 0.1) is 6.20 Å². The van der Waals surface area contributed by atoms with E-state index in [2.05, 4.69) is 10.5 Å². The summed E-state index contributed by atoms with van der Waals surface area (Å²) in [5.41, 5.74) is 1.29. The molecule has 2 atom stereocenters. The highest BCUT2D eigenvalue weighted by molar-refractivity contribution is 5.25. The van der Waals surface area contributed by atoms with Crippen LogP contribution in [0.15, 0.2) is 10.7 Å². The van der Waals surface area contributed by atoms with Gasteiger partial charge >= 0.3 is 0 Å². The lowest BCUT2D eigenvalue weighted by molar-refractivity contribution is 0.355. The van der Waals surface area contributed by atoms with Gasteiger partial charge in [-0.05, 0) is 12.8 Å². The highest BCUT2D eigenvalue weighted by atomic mass is 16.5. The predicted octanol–water partition coefficient (Wildman–Crippen LogP) is 1.02. The van der Waals surface area contributed by atoms with Crippen molar-refractivity contribution in [3.05, 3.63) is 17.5 Å². The first-order valence-electron chi connectivity index (χ1n) is 4.13. The quantitative estimate of drug-likeness (QED) is 0.600. The Balaban J connectivity index is 2.12. The summed E-state index contributed by atoms with van der Waals surface area (Å²) in [4.78, 5) is 0. The molecule has 3 nitrogen and oxygen atoms in total. The normalized spacial score (nSPS) is 33.8. The molecule has 58 valence electrons. The van der Waals surface area contributed by atoms with Gasteiger partial charge in [-0.15, -0.1) is 0 Å². The van der Waals surface area contributed by atoms with Crippen LogP contribution < -0.4 is 5.32 Å². The molecule has 2 aliphatic heterocycles. The molecule has 0 amide bonds. The first-order chi connectivity index (χ1) is 5.43. The largest absolute Gasteiger partial charge is 0.361 e. The molecule has 11 heavy (non-hydrogen) atoms. The van der Waals surface area contributed by atoms with E-state index in [0.717, 1.165) is 12.2 Å². The molecule has 3 heterocycles. The Bertz CT molecular complexity index is 281. The summed E-state index contributed by atoms with van der Waals surface area (Å²) in [5, 5.41) is 7.34. The third-order valence-electron chi connectivity index (χ3n) is 2.72. The van der Waals surface area contributed by atoms with Crippen LogP contribution in [0.1, 0.15) is 30.2 Å². The van der Waals surface area contributed by atoms with Crippen molar-refractivity contribution in [2.75, 3.05) is 0 Å². The molecule has 0 unspecified atom stereocenters. The van der Waals surface area contributed by atoms with E-state index in [-0.39, 0.29) is 0 Å². The molecule has 0 saturated carbocycles. The van der Waals surface area contributed by atoms with Gasteiger partial charge in [-0.3, -0.25) is 0 Å². The highest BCUT2D eigenvalue weighted by Gasteiger charge is 2.34. The molecular weight excluding hydrogens is 140 g/mol. The molecule has 0 spiro atoms. The number of hydrogen-bond donors (Lipinski definition) is 1. The summed E-state index contributed by atoms with van der Waals surface area (Å²) in [6.07, 6.45) is 5.42. The SMILES string of the molecule is c1noc2c1[C@H]1CC[C@@H](C2)N1. The van der Waals surface area contributed by atoms with Crippen molar-refractivity contribution in [3.8, 4) is 0 Å². The Labute approximate surface area is 64.8 Å². The maximum absolute atomic E-state index is 5.15. The van der Waals surface area contributed by atoms with Crippen molar-refractivity contribution in [1.82, 2.24) is 10.5 Å².